The van der Waals surface area contributed by atoms with Crippen molar-refractivity contribution in [2.24, 2.45) is 5.73 Å². The van der Waals surface area contributed by atoms with Crippen LogP contribution in [0.25, 0.3) is 0 Å². The molecular formula is C19H26FN3O. The molecule has 3 N–H and O–H groups in total. The number of anilines is 1. The topological polar surface area (TPSA) is 60.2 Å². The molecule has 0 aliphatic carbocycles. The Morgan fingerprint density at radius 2 is 2.00 bits per heavy atom. The minimum atomic E-state index is -0.227. The lowest BCUT2D eigenvalue weighted by Crippen LogP contribution is -2.35. The van der Waals surface area contributed by atoms with Gasteiger partial charge in [-0.1, -0.05) is 26.8 Å². The zero-order chi connectivity index (χ0) is 17.7. The van der Waals surface area contributed by atoms with E-state index in [0.717, 1.165) is 5.56 Å². The molecule has 0 saturated heterocycles. The van der Waals surface area contributed by atoms with Crippen LogP contribution in [0.2, 0.25) is 0 Å². The summed E-state index contributed by atoms with van der Waals surface area (Å²) in [4.78, 5) is 4.22. The molecule has 0 fully saturated rings. The molecule has 0 radical (unpaired) electrons. The summed E-state index contributed by atoms with van der Waals surface area (Å²) in [7, 11) is 0. The molecule has 2 aromatic rings. The van der Waals surface area contributed by atoms with E-state index in [-0.39, 0.29) is 17.3 Å². The van der Waals surface area contributed by atoms with Crippen molar-refractivity contribution in [3.05, 3.63) is 53.6 Å². The number of pyridine rings is 1. The Labute approximate surface area is 143 Å². The van der Waals surface area contributed by atoms with Crippen LogP contribution in [0.3, 0.4) is 0 Å². The predicted octanol–water partition coefficient (Wildman–Crippen LogP) is 3.64. The number of nitrogens with one attached hydrogen (secondary N) is 1. The van der Waals surface area contributed by atoms with Crippen molar-refractivity contribution in [3.8, 4) is 5.75 Å². The van der Waals surface area contributed by atoms with E-state index in [1.54, 1.807) is 19.2 Å². The predicted molar refractivity (Wildman–Crippen MR) is 96.0 cm³/mol. The second-order valence-electron chi connectivity index (χ2n) is 7.08. The number of ether oxygens (including phenoxy) is 1. The van der Waals surface area contributed by atoms with Crippen LogP contribution < -0.4 is 15.8 Å². The number of aromatic nitrogens is 1. The van der Waals surface area contributed by atoms with Gasteiger partial charge in [-0.15, -0.1) is 0 Å². The number of benzene rings is 1. The number of rotatable bonds is 6. The zero-order valence-electron chi connectivity index (χ0n) is 14.8. The molecule has 1 aromatic carbocycles. The van der Waals surface area contributed by atoms with Crippen LogP contribution in [0.1, 0.15) is 31.9 Å². The van der Waals surface area contributed by atoms with Gasteiger partial charge in [-0.2, -0.15) is 0 Å². The van der Waals surface area contributed by atoms with E-state index in [9.17, 15) is 4.39 Å². The fourth-order valence-electron chi connectivity index (χ4n) is 2.12. The maximum absolute atomic E-state index is 13.5. The monoisotopic (exact) mass is 331 g/mol. The van der Waals surface area contributed by atoms with Crippen molar-refractivity contribution in [3.63, 3.8) is 0 Å². The molecule has 130 valence electrons. The molecule has 0 bridgehead atoms. The van der Waals surface area contributed by atoms with Gasteiger partial charge in [0.2, 0.25) is 0 Å². The highest BCUT2D eigenvalue weighted by Crippen LogP contribution is 2.24. The third kappa shape index (κ3) is 5.20. The Bertz CT molecular complexity index is 683. The van der Waals surface area contributed by atoms with Gasteiger partial charge in [0.25, 0.3) is 0 Å². The standard InChI is InChI=1S/C19H26FN3O/c1-13-5-6-16(8-18(13)20)23-10-15(21)12-24-17-7-14(9-22-11-17)19(2,3)4/h5-9,11,15,23H,10,12,21H2,1-4H3/t15-/m0/s1. The van der Waals surface area contributed by atoms with Crippen molar-refractivity contribution in [1.82, 2.24) is 4.98 Å². The van der Waals surface area contributed by atoms with Crippen LogP contribution >= 0.6 is 0 Å². The summed E-state index contributed by atoms with van der Waals surface area (Å²) in [5.74, 6) is 0.481. The molecule has 0 amide bonds. The van der Waals surface area contributed by atoms with E-state index in [4.69, 9.17) is 10.5 Å². The van der Waals surface area contributed by atoms with E-state index in [1.807, 2.05) is 18.3 Å². The molecule has 2 rings (SSSR count). The van der Waals surface area contributed by atoms with Gasteiger partial charge in [0.05, 0.1) is 12.2 Å². The molecule has 24 heavy (non-hydrogen) atoms. The van der Waals surface area contributed by atoms with E-state index in [2.05, 4.69) is 31.1 Å². The summed E-state index contributed by atoms with van der Waals surface area (Å²) >= 11 is 0. The van der Waals surface area contributed by atoms with Crippen LogP contribution in [-0.2, 0) is 5.41 Å². The van der Waals surface area contributed by atoms with Crippen molar-refractivity contribution < 1.29 is 9.13 Å². The van der Waals surface area contributed by atoms with Crippen LogP contribution in [0, 0.1) is 12.7 Å². The Morgan fingerprint density at radius 3 is 2.67 bits per heavy atom. The van der Waals surface area contributed by atoms with Gasteiger partial charge < -0.3 is 15.8 Å². The average molecular weight is 331 g/mol. The summed E-state index contributed by atoms with van der Waals surface area (Å²) in [6.45, 7) is 8.97. The summed E-state index contributed by atoms with van der Waals surface area (Å²) in [5, 5.41) is 3.12. The summed E-state index contributed by atoms with van der Waals surface area (Å²) in [5.41, 5.74) is 8.53. The van der Waals surface area contributed by atoms with Crippen LogP contribution in [0.4, 0.5) is 10.1 Å². The minimum absolute atomic E-state index is 0.0194. The molecular weight excluding hydrogens is 305 g/mol. The summed E-state index contributed by atoms with van der Waals surface area (Å²) < 4.78 is 19.2. The highest BCUT2D eigenvalue weighted by molar-refractivity contribution is 5.45. The van der Waals surface area contributed by atoms with Gasteiger partial charge in [0.1, 0.15) is 18.2 Å². The van der Waals surface area contributed by atoms with Gasteiger partial charge in [-0.25, -0.2) is 4.39 Å². The zero-order valence-corrected chi connectivity index (χ0v) is 14.8. The first kappa shape index (κ1) is 18.2. The summed E-state index contributed by atoms with van der Waals surface area (Å²) in [6.07, 6.45) is 3.53. The van der Waals surface area contributed by atoms with Crippen LogP contribution in [-0.4, -0.2) is 24.2 Å². The first-order chi connectivity index (χ1) is 11.3. The van der Waals surface area contributed by atoms with Crippen LogP contribution in [0.15, 0.2) is 36.7 Å². The van der Waals surface area contributed by atoms with Gasteiger partial charge in [-0.05, 0) is 41.7 Å². The Morgan fingerprint density at radius 1 is 1.25 bits per heavy atom. The number of nitrogens with two attached hydrogens (primary N) is 1. The average Bonchev–Trinajstić information content (AvgIpc) is 2.53. The SMILES string of the molecule is Cc1ccc(NC[C@H](N)COc2cncc(C(C)(C)C)c2)cc1F. The smallest absolute Gasteiger partial charge is 0.137 e. The largest absolute Gasteiger partial charge is 0.490 e. The lowest BCUT2D eigenvalue weighted by molar-refractivity contribution is 0.291. The second-order valence-corrected chi connectivity index (χ2v) is 7.08. The van der Waals surface area contributed by atoms with Crippen LogP contribution in [0.5, 0.6) is 5.75 Å². The van der Waals surface area contributed by atoms with Gasteiger partial charge in [-0.3, -0.25) is 4.98 Å². The summed E-state index contributed by atoms with van der Waals surface area (Å²) in [6, 6.07) is 6.82. The Kier molecular flexibility index (Phi) is 5.78. The number of hydrogen-bond acceptors (Lipinski definition) is 4. The quantitative estimate of drug-likeness (QED) is 0.848. The van der Waals surface area contributed by atoms with E-state index in [0.29, 0.717) is 30.2 Å². The maximum atomic E-state index is 13.5. The highest BCUT2D eigenvalue weighted by Gasteiger charge is 2.15. The van der Waals surface area contributed by atoms with Crippen molar-refractivity contribution in [2.45, 2.75) is 39.2 Å². The minimum Gasteiger partial charge on any atom is -0.490 e. The lowest BCUT2D eigenvalue weighted by atomic mass is 9.88. The molecule has 4 nitrogen and oxygen atoms in total. The van der Waals surface area contributed by atoms with Gasteiger partial charge >= 0.3 is 0 Å². The fourth-order valence-corrected chi connectivity index (χ4v) is 2.12. The molecule has 0 unspecified atom stereocenters. The van der Waals surface area contributed by atoms with Crippen molar-refractivity contribution >= 4 is 5.69 Å². The van der Waals surface area contributed by atoms with E-state index in [1.165, 1.54) is 6.07 Å². The molecule has 1 heterocycles. The number of hydrogen-bond donors (Lipinski definition) is 2. The van der Waals surface area contributed by atoms with Gasteiger partial charge in [0, 0.05) is 18.4 Å². The third-order valence-electron chi connectivity index (χ3n) is 3.78. The van der Waals surface area contributed by atoms with Crippen molar-refractivity contribution in [1.29, 1.82) is 0 Å². The maximum Gasteiger partial charge on any atom is 0.137 e. The van der Waals surface area contributed by atoms with E-state index < -0.39 is 0 Å². The Hall–Kier alpha value is -2.14. The molecule has 0 aliphatic rings. The van der Waals surface area contributed by atoms with E-state index >= 15 is 0 Å². The molecule has 1 aromatic heterocycles. The lowest BCUT2D eigenvalue weighted by Gasteiger charge is -2.20. The Balaban J connectivity index is 1.85. The third-order valence-corrected chi connectivity index (χ3v) is 3.78. The first-order valence-corrected chi connectivity index (χ1v) is 8.09. The second kappa shape index (κ2) is 7.62. The number of aryl methyl sites for hydroxylation is 1. The molecule has 0 aliphatic heterocycles. The fraction of sp³-hybridized carbons (Fsp3) is 0.421. The highest BCUT2D eigenvalue weighted by atomic mass is 19.1. The molecule has 0 saturated carbocycles. The number of halogens is 1. The first-order valence-electron chi connectivity index (χ1n) is 8.09. The number of nitrogens with zero attached hydrogens (tertiary/aromatic N) is 1. The van der Waals surface area contributed by atoms with Crippen molar-refractivity contribution in [2.75, 3.05) is 18.5 Å². The molecule has 1 atom stereocenters. The molecule has 0 spiro atoms. The normalized spacial score (nSPS) is 12.8. The van der Waals surface area contributed by atoms with Gasteiger partial charge in [0.15, 0.2) is 0 Å². The molecule has 5 heteroatoms.